The van der Waals surface area contributed by atoms with Crippen LogP contribution in [0.4, 0.5) is 0 Å². The van der Waals surface area contributed by atoms with Gasteiger partial charge in [0.25, 0.3) is 0 Å². The Bertz CT molecular complexity index is 830. The van der Waals surface area contributed by atoms with E-state index >= 15 is 0 Å². The zero-order valence-electron chi connectivity index (χ0n) is 9.15. The van der Waals surface area contributed by atoms with Gasteiger partial charge in [0.05, 0.1) is 5.39 Å². The summed E-state index contributed by atoms with van der Waals surface area (Å²) in [5, 5.41) is 15.3. The maximum absolute atomic E-state index is 4.42. The third-order valence-electron chi connectivity index (χ3n) is 2.72. The molecule has 0 fully saturated rings. The molecule has 0 saturated carbocycles. The molecule has 0 aliphatic carbocycles. The summed E-state index contributed by atoms with van der Waals surface area (Å²) in [5.41, 5.74) is 2.19. The quantitative estimate of drug-likeness (QED) is 0.535. The van der Waals surface area contributed by atoms with Gasteiger partial charge in [-0.25, -0.2) is 9.97 Å². The zero-order valence-corrected chi connectivity index (χ0v) is 9.15. The fourth-order valence-electron chi connectivity index (χ4n) is 1.87. The van der Waals surface area contributed by atoms with Crippen LogP contribution in [0.5, 0.6) is 0 Å². The van der Waals surface area contributed by atoms with Crippen molar-refractivity contribution >= 4 is 16.7 Å². The number of H-pyrrole nitrogens is 1. The average molecular weight is 237 g/mol. The summed E-state index contributed by atoms with van der Waals surface area (Å²) in [5.74, 6) is 0.650. The SMILES string of the molecule is c1ccc(-c2ncc3c(n2)nn2[nH]nnc32)cc1. The van der Waals surface area contributed by atoms with Gasteiger partial charge in [-0.3, -0.25) is 0 Å². The van der Waals surface area contributed by atoms with Gasteiger partial charge in [-0.05, 0) is 5.21 Å². The highest BCUT2D eigenvalue weighted by molar-refractivity contribution is 5.89. The minimum atomic E-state index is 0.602. The predicted molar refractivity (Wildman–Crippen MR) is 63.7 cm³/mol. The first-order valence-electron chi connectivity index (χ1n) is 5.40. The number of hydrogen-bond donors (Lipinski definition) is 1. The second kappa shape index (κ2) is 3.33. The number of nitrogens with zero attached hydrogens (tertiary/aromatic N) is 6. The van der Waals surface area contributed by atoms with E-state index in [9.17, 15) is 0 Å². The van der Waals surface area contributed by atoms with Crippen LogP contribution in [0.1, 0.15) is 0 Å². The predicted octanol–water partition coefficient (Wildman–Crippen LogP) is 1.06. The molecule has 4 rings (SSSR count). The molecule has 4 aromatic rings. The van der Waals surface area contributed by atoms with E-state index in [1.54, 1.807) is 6.20 Å². The smallest absolute Gasteiger partial charge is 0.210 e. The second-order valence-electron chi connectivity index (χ2n) is 3.83. The topological polar surface area (TPSA) is 84.6 Å². The lowest BCUT2D eigenvalue weighted by Crippen LogP contribution is -1.90. The molecule has 0 radical (unpaired) electrons. The van der Waals surface area contributed by atoms with E-state index in [1.807, 2.05) is 30.3 Å². The Labute approximate surface area is 100 Å². The van der Waals surface area contributed by atoms with Gasteiger partial charge in [0.15, 0.2) is 11.5 Å². The number of fused-ring (bicyclic) bond motifs is 3. The maximum Gasteiger partial charge on any atom is 0.210 e. The standard InChI is InChI=1S/C11H7N7/c1-2-4-7(5-3-1)9-12-6-8-10(13-9)15-18-11(8)14-16-17-18/h1-6H,(H,14,17). The molecule has 18 heavy (non-hydrogen) atoms. The van der Waals surface area contributed by atoms with Crippen molar-refractivity contribution < 1.29 is 0 Å². The largest absolute Gasteiger partial charge is 0.236 e. The Morgan fingerprint density at radius 3 is 2.89 bits per heavy atom. The number of aromatic amines is 1. The average Bonchev–Trinajstić information content (AvgIpc) is 2.99. The first-order chi connectivity index (χ1) is 8.92. The molecule has 0 spiro atoms. The van der Waals surface area contributed by atoms with Gasteiger partial charge in [-0.1, -0.05) is 30.3 Å². The molecule has 0 unspecified atom stereocenters. The molecular weight excluding hydrogens is 230 g/mol. The molecule has 0 saturated heterocycles. The maximum atomic E-state index is 4.42. The second-order valence-corrected chi connectivity index (χ2v) is 3.83. The van der Waals surface area contributed by atoms with Gasteiger partial charge < -0.3 is 0 Å². The van der Waals surface area contributed by atoms with Crippen LogP contribution in [0.25, 0.3) is 28.1 Å². The van der Waals surface area contributed by atoms with Gasteiger partial charge in [0.1, 0.15) is 0 Å². The first-order valence-corrected chi connectivity index (χ1v) is 5.40. The number of nitrogens with one attached hydrogen (secondary N) is 1. The van der Waals surface area contributed by atoms with E-state index in [0.717, 1.165) is 10.9 Å². The van der Waals surface area contributed by atoms with Gasteiger partial charge >= 0.3 is 0 Å². The summed E-state index contributed by atoms with van der Waals surface area (Å²) in [6.07, 6.45) is 1.72. The van der Waals surface area contributed by atoms with Crippen LogP contribution in [-0.2, 0) is 0 Å². The molecule has 1 N–H and O–H groups in total. The van der Waals surface area contributed by atoms with Crippen LogP contribution in [-0.4, -0.2) is 35.2 Å². The lowest BCUT2D eigenvalue weighted by molar-refractivity contribution is 0.748. The molecule has 0 bridgehead atoms. The number of hydrogen-bond acceptors (Lipinski definition) is 5. The molecule has 0 atom stereocenters. The first kappa shape index (κ1) is 9.23. The minimum absolute atomic E-state index is 0.602. The molecule has 0 aliphatic heterocycles. The van der Waals surface area contributed by atoms with Gasteiger partial charge in [-0.15, -0.1) is 14.8 Å². The lowest BCUT2D eigenvalue weighted by Gasteiger charge is -1.97. The zero-order chi connectivity index (χ0) is 11.9. The van der Waals surface area contributed by atoms with Gasteiger partial charge in [0, 0.05) is 11.8 Å². The Kier molecular flexibility index (Phi) is 1.71. The summed E-state index contributed by atoms with van der Waals surface area (Å²) in [6, 6.07) is 9.78. The molecule has 0 aliphatic rings. The minimum Gasteiger partial charge on any atom is -0.236 e. The van der Waals surface area contributed by atoms with E-state index < -0.39 is 0 Å². The third kappa shape index (κ3) is 1.21. The highest BCUT2D eigenvalue weighted by Crippen LogP contribution is 2.18. The Morgan fingerprint density at radius 1 is 1.11 bits per heavy atom. The molecule has 86 valence electrons. The van der Waals surface area contributed by atoms with Crippen molar-refractivity contribution in [3.63, 3.8) is 0 Å². The number of tetrazole rings is 1. The Hall–Kier alpha value is -2.83. The molecule has 3 heterocycles. The van der Waals surface area contributed by atoms with E-state index in [4.69, 9.17) is 0 Å². The Morgan fingerprint density at radius 2 is 2.00 bits per heavy atom. The molecule has 0 amide bonds. The molecule has 7 heteroatoms. The summed E-state index contributed by atoms with van der Waals surface area (Å²) in [6.45, 7) is 0. The summed E-state index contributed by atoms with van der Waals surface area (Å²) < 4.78 is 1.48. The van der Waals surface area contributed by atoms with E-state index in [1.165, 1.54) is 4.63 Å². The van der Waals surface area contributed by atoms with Gasteiger partial charge in [-0.2, -0.15) is 5.21 Å². The van der Waals surface area contributed by atoms with Crippen LogP contribution in [0, 0.1) is 0 Å². The van der Waals surface area contributed by atoms with Crippen molar-refractivity contribution in [2.75, 3.05) is 0 Å². The van der Waals surface area contributed by atoms with Crippen molar-refractivity contribution in [1.29, 1.82) is 0 Å². The number of aromatic nitrogens is 7. The summed E-state index contributed by atoms with van der Waals surface area (Å²) in [4.78, 5) is 8.76. The van der Waals surface area contributed by atoms with Crippen LogP contribution in [0.2, 0.25) is 0 Å². The normalized spacial score (nSPS) is 11.3. The van der Waals surface area contributed by atoms with Crippen molar-refractivity contribution in [1.82, 2.24) is 35.2 Å². The molecular formula is C11H7N7. The van der Waals surface area contributed by atoms with Crippen LogP contribution < -0.4 is 0 Å². The molecule has 3 aromatic heterocycles. The van der Waals surface area contributed by atoms with E-state index in [2.05, 4.69) is 30.6 Å². The fourth-order valence-corrected chi connectivity index (χ4v) is 1.87. The highest BCUT2D eigenvalue weighted by atomic mass is 15.6. The van der Waals surface area contributed by atoms with Crippen molar-refractivity contribution in [3.8, 4) is 11.4 Å². The Balaban J connectivity index is 1.99. The highest BCUT2D eigenvalue weighted by Gasteiger charge is 2.11. The van der Waals surface area contributed by atoms with E-state index in [0.29, 0.717) is 17.1 Å². The van der Waals surface area contributed by atoms with Gasteiger partial charge in [0.2, 0.25) is 5.65 Å². The summed E-state index contributed by atoms with van der Waals surface area (Å²) >= 11 is 0. The fraction of sp³-hybridized carbons (Fsp3) is 0. The van der Waals surface area contributed by atoms with Crippen molar-refractivity contribution in [3.05, 3.63) is 36.5 Å². The van der Waals surface area contributed by atoms with E-state index in [-0.39, 0.29) is 0 Å². The van der Waals surface area contributed by atoms with Crippen molar-refractivity contribution in [2.45, 2.75) is 0 Å². The van der Waals surface area contributed by atoms with Crippen molar-refractivity contribution in [2.24, 2.45) is 0 Å². The number of rotatable bonds is 1. The number of benzene rings is 1. The molecule has 1 aromatic carbocycles. The van der Waals surface area contributed by atoms with Crippen LogP contribution >= 0.6 is 0 Å². The van der Waals surface area contributed by atoms with Crippen LogP contribution in [0.3, 0.4) is 0 Å². The summed E-state index contributed by atoms with van der Waals surface area (Å²) in [7, 11) is 0. The third-order valence-corrected chi connectivity index (χ3v) is 2.72. The molecule has 7 nitrogen and oxygen atoms in total. The lowest BCUT2D eigenvalue weighted by atomic mass is 10.2. The van der Waals surface area contributed by atoms with Crippen LogP contribution in [0.15, 0.2) is 36.5 Å². The monoisotopic (exact) mass is 237 g/mol.